The van der Waals surface area contributed by atoms with E-state index in [1.54, 1.807) is 18.3 Å². The van der Waals surface area contributed by atoms with Crippen LogP contribution in [0.25, 0.3) is 33.3 Å². The highest BCUT2D eigenvalue weighted by Gasteiger charge is 2.24. The standard InChI is InChI=1S/C20H19ClN6O2/c1-10-9-29-6-5-27(10)19-17-15(8-16(21)25-19)23-18(26-17)13-7-12-11(2)22-4-3-14(12)24-20(13)28/h3-4,7-8,10H,5-6,9H2,1-2H3,(H,23,26)(H,24,28)/t10-/m1/s1. The van der Waals surface area contributed by atoms with Crippen molar-refractivity contribution in [3.63, 3.8) is 0 Å². The van der Waals surface area contributed by atoms with E-state index in [0.717, 1.165) is 22.1 Å². The first-order valence-corrected chi connectivity index (χ1v) is 9.78. The van der Waals surface area contributed by atoms with E-state index < -0.39 is 0 Å². The first kappa shape index (κ1) is 18.1. The molecule has 8 nitrogen and oxygen atoms in total. The fourth-order valence-corrected chi connectivity index (χ4v) is 3.97. The van der Waals surface area contributed by atoms with Gasteiger partial charge in [-0.05, 0) is 26.0 Å². The smallest absolute Gasteiger partial charge is 0.259 e. The van der Waals surface area contributed by atoms with Crippen LogP contribution < -0.4 is 10.5 Å². The number of aryl methyl sites for hydroxylation is 1. The summed E-state index contributed by atoms with van der Waals surface area (Å²) in [5.41, 5.74) is 3.22. The number of ether oxygens (including phenoxy) is 1. The number of nitrogens with one attached hydrogen (secondary N) is 2. The van der Waals surface area contributed by atoms with Crippen molar-refractivity contribution in [2.24, 2.45) is 0 Å². The topological polar surface area (TPSA) is 99.8 Å². The van der Waals surface area contributed by atoms with Crippen LogP contribution in [-0.4, -0.2) is 50.7 Å². The summed E-state index contributed by atoms with van der Waals surface area (Å²) >= 11 is 6.28. The van der Waals surface area contributed by atoms with Gasteiger partial charge < -0.3 is 19.6 Å². The van der Waals surface area contributed by atoms with E-state index in [9.17, 15) is 4.79 Å². The molecule has 5 heterocycles. The summed E-state index contributed by atoms with van der Waals surface area (Å²) < 4.78 is 5.54. The average Bonchev–Trinajstić information content (AvgIpc) is 3.11. The molecule has 5 rings (SSSR count). The summed E-state index contributed by atoms with van der Waals surface area (Å²) in [6, 6.07) is 5.48. The summed E-state index contributed by atoms with van der Waals surface area (Å²) in [4.78, 5) is 34.6. The Morgan fingerprint density at radius 1 is 1.24 bits per heavy atom. The number of aromatic amines is 2. The van der Waals surface area contributed by atoms with E-state index in [2.05, 4.69) is 31.8 Å². The number of hydrogen-bond donors (Lipinski definition) is 2. The number of nitrogens with zero attached hydrogens (tertiary/aromatic N) is 4. The van der Waals surface area contributed by atoms with Gasteiger partial charge in [0.2, 0.25) is 0 Å². The van der Waals surface area contributed by atoms with Crippen LogP contribution in [0, 0.1) is 6.92 Å². The van der Waals surface area contributed by atoms with Crippen LogP contribution in [0.2, 0.25) is 5.15 Å². The van der Waals surface area contributed by atoms with Gasteiger partial charge >= 0.3 is 0 Å². The van der Waals surface area contributed by atoms with Gasteiger partial charge in [0.15, 0.2) is 5.82 Å². The summed E-state index contributed by atoms with van der Waals surface area (Å²) in [5, 5.41) is 1.24. The lowest BCUT2D eigenvalue weighted by molar-refractivity contribution is 0.0987. The third-order valence-electron chi connectivity index (χ3n) is 5.29. The van der Waals surface area contributed by atoms with E-state index in [4.69, 9.17) is 21.3 Å². The van der Waals surface area contributed by atoms with E-state index in [1.165, 1.54) is 0 Å². The number of rotatable bonds is 2. The number of anilines is 1. The minimum absolute atomic E-state index is 0.149. The van der Waals surface area contributed by atoms with Crippen molar-refractivity contribution in [1.82, 2.24) is 24.9 Å². The fourth-order valence-electron chi connectivity index (χ4n) is 3.78. The largest absolute Gasteiger partial charge is 0.377 e. The van der Waals surface area contributed by atoms with Crippen LogP contribution in [0.4, 0.5) is 5.82 Å². The molecule has 4 aromatic rings. The second-order valence-electron chi connectivity index (χ2n) is 7.24. The van der Waals surface area contributed by atoms with Crippen LogP contribution in [0.5, 0.6) is 0 Å². The SMILES string of the molecule is Cc1nccc2[nH]c(=O)c(-c3nc4c(N5CCOC[C@H]5C)nc(Cl)cc4[nH]3)cc12. The Morgan fingerprint density at radius 3 is 2.93 bits per heavy atom. The van der Waals surface area contributed by atoms with Gasteiger partial charge in [-0.2, -0.15) is 0 Å². The Kier molecular flexibility index (Phi) is 4.25. The molecule has 4 aromatic heterocycles. The zero-order chi connectivity index (χ0) is 20.1. The molecular formula is C20H19ClN6O2. The minimum atomic E-state index is -0.220. The number of imidazole rings is 1. The van der Waals surface area contributed by atoms with E-state index >= 15 is 0 Å². The highest BCUT2D eigenvalue weighted by molar-refractivity contribution is 6.30. The predicted octanol–water partition coefficient (Wildman–Crippen LogP) is 3.05. The van der Waals surface area contributed by atoms with Crippen molar-refractivity contribution in [3.8, 4) is 11.4 Å². The summed E-state index contributed by atoms with van der Waals surface area (Å²) in [5.74, 6) is 1.17. The molecule has 0 aliphatic carbocycles. The molecule has 0 radical (unpaired) electrons. The summed E-state index contributed by atoms with van der Waals surface area (Å²) in [6.07, 6.45) is 1.68. The summed E-state index contributed by atoms with van der Waals surface area (Å²) in [7, 11) is 0. The molecule has 1 saturated heterocycles. The fraction of sp³-hybridized carbons (Fsp3) is 0.300. The first-order valence-electron chi connectivity index (χ1n) is 9.41. The van der Waals surface area contributed by atoms with Crippen LogP contribution in [0.3, 0.4) is 0 Å². The molecule has 1 aliphatic rings. The monoisotopic (exact) mass is 410 g/mol. The maximum atomic E-state index is 12.7. The molecule has 2 N–H and O–H groups in total. The zero-order valence-corrected chi connectivity index (χ0v) is 16.7. The number of pyridine rings is 3. The highest BCUT2D eigenvalue weighted by atomic mass is 35.5. The third-order valence-corrected chi connectivity index (χ3v) is 5.48. The van der Waals surface area contributed by atoms with Crippen LogP contribution in [-0.2, 0) is 4.74 Å². The number of H-pyrrole nitrogens is 2. The van der Waals surface area contributed by atoms with E-state index in [0.29, 0.717) is 47.6 Å². The van der Waals surface area contributed by atoms with Gasteiger partial charge in [-0.1, -0.05) is 11.6 Å². The zero-order valence-electron chi connectivity index (χ0n) is 16.0. The third kappa shape index (κ3) is 3.04. The van der Waals surface area contributed by atoms with Crippen molar-refractivity contribution in [2.75, 3.05) is 24.7 Å². The van der Waals surface area contributed by atoms with Gasteiger partial charge in [0, 0.05) is 29.9 Å². The average molecular weight is 411 g/mol. The van der Waals surface area contributed by atoms with Crippen molar-refractivity contribution in [1.29, 1.82) is 0 Å². The molecule has 0 spiro atoms. The van der Waals surface area contributed by atoms with Crippen LogP contribution >= 0.6 is 11.6 Å². The Morgan fingerprint density at radius 2 is 2.10 bits per heavy atom. The molecular weight excluding hydrogens is 392 g/mol. The maximum Gasteiger partial charge on any atom is 0.259 e. The van der Waals surface area contributed by atoms with Crippen molar-refractivity contribution in [3.05, 3.63) is 45.6 Å². The number of halogens is 1. The Bertz CT molecular complexity index is 1300. The second kappa shape index (κ2) is 6.82. The molecule has 29 heavy (non-hydrogen) atoms. The van der Waals surface area contributed by atoms with Gasteiger partial charge in [0.1, 0.15) is 16.5 Å². The molecule has 148 valence electrons. The van der Waals surface area contributed by atoms with Gasteiger partial charge in [-0.25, -0.2) is 9.97 Å². The molecule has 0 bridgehead atoms. The lowest BCUT2D eigenvalue weighted by atomic mass is 10.1. The lowest BCUT2D eigenvalue weighted by Gasteiger charge is -2.34. The first-order chi connectivity index (χ1) is 14.0. The van der Waals surface area contributed by atoms with Gasteiger partial charge in [0.25, 0.3) is 5.56 Å². The number of fused-ring (bicyclic) bond motifs is 2. The molecule has 1 fully saturated rings. The molecule has 0 aromatic carbocycles. The maximum absolute atomic E-state index is 12.7. The second-order valence-corrected chi connectivity index (χ2v) is 7.62. The van der Waals surface area contributed by atoms with Gasteiger partial charge in [0.05, 0.1) is 35.9 Å². The quantitative estimate of drug-likeness (QED) is 0.493. The Labute approximate surface area is 170 Å². The molecule has 0 amide bonds. The molecule has 0 saturated carbocycles. The highest BCUT2D eigenvalue weighted by Crippen LogP contribution is 2.30. The minimum Gasteiger partial charge on any atom is -0.377 e. The van der Waals surface area contributed by atoms with Crippen molar-refractivity contribution in [2.45, 2.75) is 19.9 Å². The number of hydrogen-bond acceptors (Lipinski definition) is 6. The number of aromatic nitrogens is 5. The normalized spacial score (nSPS) is 17.3. The van der Waals surface area contributed by atoms with E-state index in [-0.39, 0.29) is 11.6 Å². The van der Waals surface area contributed by atoms with Crippen molar-refractivity contribution < 1.29 is 4.74 Å². The van der Waals surface area contributed by atoms with Crippen LogP contribution in [0.15, 0.2) is 29.2 Å². The van der Waals surface area contributed by atoms with Gasteiger partial charge in [-0.15, -0.1) is 0 Å². The van der Waals surface area contributed by atoms with Gasteiger partial charge in [-0.3, -0.25) is 9.78 Å². The molecule has 1 aliphatic heterocycles. The lowest BCUT2D eigenvalue weighted by Crippen LogP contribution is -2.44. The molecule has 0 unspecified atom stereocenters. The number of morpholine rings is 1. The Hall–Kier alpha value is -2.97. The van der Waals surface area contributed by atoms with Crippen molar-refractivity contribution >= 4 is 39.4 Å². The molecule has 9 heteroatoms. The van der Waals surface area contributed by atoms with Crippen LogP contribution in [0.1, 0.15) is 12.6 Å². The van der Waals surface area contributed by atoms with E-state index in [1.807, 2.05) is 13.0 Å². The predicted molar refractivity (Wildman–Crippen MR) is 113 cm³/mol. The summed E-state index contributed by atoms with van der Waals surface area (Å²) in [6.45, 7) is 5.92. The Balaban J connectivity index is 1.70. The molecule has 1 atom stereocenters.